The Morgan fingerprint density at radius 3 is 2.39 bits per heavy atom. The third kappa shape index (κ3) is 3.37. The maximum atomic E-state index is 11.6. The SMILES string of the molecule is COc1ccc(OC)c(C(NC(C)C)C(N)=O)c1. The number of hydrogen-bond donors (Lipinski definition) is 2. The van der Waals surface area contributed by atoms with Crippen LogP contribution in [-0.2, 0) is 4.79 Å². The van der Waals surface area contributed by atoms with Crippen molar-refractivity contribution in [1.29, 1.82) is 0 Å². The zero-order chi connectivity index (χ0) is 13.7. The molecular weight excluding hydrogens is 232 g/mol. The van der Waals surface area contributed by atoms with Gasteiger partial charge in [-0.1, -0.05) is 0 Å². The van der Waals surface area contributed by atoms with Crippen molar-refractivity contribution < 1.29 is 14.3 Å². The number of rotatable bonds is 6. The topological polar surface area (TPSA) is 73.6 Å². The minimum Gasteiger partial charge on any atom is -0.497 e. The Kier molecular flexibility index (Phi) is 4.97. The summed E-state index contributed by atoms with van der Waals surface area (Å²) >= 11 is 0. The monoisotopic (exact) mass is 252 g/mol. The van der Waals surface area contributed by atoms with Crippen LogP contribution in [0.5, 0.6) is 11.5 Å². The average molecular weight is 252 g/mol. The van der Waals surface area contributed by atoms with Crippen LogP contribution in [0.25, 0.3) is 0 Å². The average Bonchev–Trinajstić information content (AvgIpc) is 2.34. The van der Waals surface area contributed by atoms with Gasteiger partial charge >= 0.3 is 0 Å². The predicted octanol–water partition coefficient (Wildman–Crippen LogP) is 1.23. The highest BCUT2D eigenvalue weighted by Gasteiger charge is 2.22. The number of carbonyl (C=O) groups is 1. The molecule has 0 aromatic heterocycles. The first-order chi connectivity index (χ1) is 8.49. The molecule has 0 aliphatic heterocycles. The van der Waals surface area contributed by atoms with E-state index in [4.69, 9.17) is 15.2 Å². The van der Waals surface area contributed by atoms with E-state index in [-0.39, 0.29) is 6.04 Å². The Morgan fingerprint density at radius 2 is 1.94 bits per heavy atom. The molecule has 1 aromatic rings. The predicted molar refractivity (Wildman–Crippen MR) is 69.8 cm³/mol. The van der Waals surface area contributed by atoms with Gasteiger partial charge in [0, 0.05) is 11.6 Å². The fourth-order valence-corrected chi connectivity index (χ4v) is 1.72. The number of benzene rings is 1. The lowest BCUT2D eigenvalue weighted by molar-refractivity contribution is -0.120. The summed E-state index contributed by atoms with van der Waals surface area (Å²) in [5.74, 6) is 0.811. The van der Waals surface area contributed by atoms with E-state index in [0.29, 0.717) is 17.1 Å². The third-order valence-electron chi connectivity index (χ3n) is 2.53. The maximum absolute atomic E-state index is 11.6. The summed E-state index contributed by atoms with van der Waals surface area (Å²) < 4.78 is 10.4. The van der Waals surface area contributed by atoms with E-state index in [1.165, 1.54) is 0 Å². The fourth-order valence-electron chi connectivity index (χ4n) is 1.72. The number of amides is 1. The summed E-state index contributed by atoms with van der Waals surface area (Å²) in [5, 5.41) is 3.11. The Labute approximate surface area is 107 Å². The van der Waals surface area contributed by atoms with Gasteiger partial charge in [0.15, 0.2) is 0 Å². The highest BCUT2D eigenvalue weighted by atomic mass is 16.5. The van der Waals surface area contributed by atoms with Crippen LogP contribution >= 0.6 is 0 Å². The van der Waals surface area contributed by atoms with Gasteiger partial charge in [-0.15, -0.1) is 0 Å². The van der Waals surface area contributed by atoms with E-state index in [1.54, 1.807) is 32.4 Å². The van der Waals surface area contributed by atoms with Gasteiger partial charge in [0.1, 0.15) is 17.5 Å². The highest BCUT2D eigenvalue weighted by molar-refractivity contribution is 5.82. The zero-order valence-electron chi connectivity index (χ0n) is 11.2. The van der Waals surface area contributed by atoms with Crippen molar-refractivity contribution in [2.45, 2.75) is 25.9 Å². The second kappa shape index (κ2) is 6.26. The Morgan fingerprint density at radius 1 is 1.28 bits per heavy atom. The van der Waals surface area contributed by atoms with E-state index >= 15 is 0 Å². The second-order valence-electron chi connectivity index (χ2n) is 4.26. The van der Waals surface area contributed by atoms with E-state index in [0.717, 1.165) is 0 Å². The van der Waals surface area contributed by atoms with Gasteiger partial charge in [0.25, 0.3) is 0 Å². The molecule has 0 spiro atoms. The molecule has 0 aliphatic rings. The van der Waals surface area contributed by atoms with E-state index in [2.05, 4.69) is 5.32 Å². The molecule has 0 aliphatic carbocycles. The van der Waals surface area contributed by atoms with Crippen molar-refractivity contribution in [3.63, 3.8) is 0 Å². The lowest BCUT2D eigenvalue weighted by Gasteiger charge is -2.21. The first-order valence-electron chi connectivity index (χ1n) is 5.76. The largest absolute Gasteiger partial charge is 0.497 e. The van der Waals surface area contributed by atoms with Crippen molar-refractivity contribution >= 4 is 5.91 Å². The zero-order valence-corrected chi connectivity index (χ0v) is 11.2. The Bertz CT molecular complexity index is 419. The molecule has 1 amide bonds. The van der Waals surface area contributed by atoms with E-state index in [1.807, 2.05) is 13.8 Å². The summed E-state index contributed by atoms with van der Waals surface area (Å²) in [4.78, 5) is 11.6. The summed E-state index contributed by atoms with van der Waals surface area (Å²) in [6.07, 6.45) is 0. The fraction of sp³-hybridized carbons (Fsp3) is 0.462. The lowest BCUT2D eigenvalue weighted by Crippen LogP contribution is -2.37. The molecule has 0 fully saturated rings. The number of primary amides is 1. The molecule has 1 atom stereocenters. The molecule has 5 heteroatoms. The summed E-state index contributed by atoms with van der Waals surface area (Å²) in [6.45, 7) is 3.89. The molecule has 0 radical (unpaired) electrons. The second-order valence-corrected chi connectivity index (χ2v) is 4.26. The molecule has 0 heterocycles. The molecule has 1 aromatic carbocycles. The van der Waals surface area contributed by atoms with Gasteiger partial charge in [-0.25, -0.2) is 0 Å². The normalized spacial score (nSPS) is 12.3. The van der Waals surface area contributed by atoms with Crippen LogP contribution < -0.4 is 20.5 Å². The van der Waals surface area contributed by atoms with Crippen LogP contribution in [0.1, 0.15) is 25.5 Å². The van der Waals surface area contributed by atoms with Crippen molar-refractivity contribution in [2.24, 2.45) is 5.73 Å². The molecule has 1 unspecified atom stereocenters. The van der Waals surface area contributed by atoms with E-state index in [9.17, 15) is 4.79 Å². The Hall–Kier alpha value is -1.75. The summed E-state index contributed by atoms with van der Waals surface area (Å²) in [5.41, 5.74) is 6.11. The number of hydrogen-bond acceptors (Lipinski definition) is 4. The van der Waals surface area contributed by atoms with Gasteiger partial charge in [0.05, 0.1) is 14.2 Å². The molecule has 18 heavy (non-hydrogen) atoms. The minimum absolute atomic E-state index is 0.124. The molecule has 0 saturated carbocycles. The smallest absolute Gasteiger partial charge is 0.239 e. The van der Waals surface area contributed by atoms with Gasteiger partial charge in [-0.3, -0.25) is 10.1 Å². The molecule has 5 nitrogen and oxygen atoms in total. The van der Waals surface area contributed by atoms with Crippen LogP contribution in [0.2, 0.25) is 0 Å². The standard InChI is InChI=1S/C13H20N2O3/c1-8(2)15-12(13(14)16)10-7-9(17-3)5-6-11(10)18-4/h5-8,12,15H,1-4H3,(H2,14,16). The first kappa shape index (κ1) is 14.3. The number of carbonyl (C=O) groups excluding carboxylic acids is 1. The molecule has 100 valence electrons. The van der Waals surface area contributed by atoms with Crippen molar-refractivity contribution in [3.05, 3.63) is 23.8 Å². The molecule has 0 bridgehead atoms. The quantitative estimate of drug-likeness (QED) is 0.798. The number of ether oxygens (including phenoxy) is 2. The number of methoxy groups -OCH3 is 2. The highest BCUT2D eigenvalue weighted by Crippen LogP contribution is 2.29. The number of nitrogens with two attached hydrogens (primary N) is 1. The maximum Gasteiger partial charge on any atom is 0.239 e. The number of nitrogens with one attached hydrogen (secondary N) is 1. The molecular formula is C13H20N2O3. The van der Waals surface area contributed by atoms with E-state index < -0.39 is 11.9 Å². The molecule has 0 saturated heterocycles. The van der Waals surface area contributed by atoms with Crippen LogP contribution in [-0.4, -0.2) is 26.2 Å². The van der Waals surface area contributed by atoms with Gasteiger partial charge in [-0.05, 0) is 32.0 Å². The van der Waals surface area contributed by atoms with Gasteiger partial charge < -0.3 is 15.2 Å². The van der Waals surface area contributed by atoms with Crippen LogP contribution in [0.15, 0.2) is 18.2 Å². The van der Waals surface area contributed by atoms with Crippen molar-refractivity contribution in [3.8, 4) is 11.5 Å². The summed E-state index contributed by atoms with van der Waals surface area (Å²) in [7, 11) is 3.12. The lowest BCUT2D eigenvalue weighted by atomic mass is 10.0. The van der Waals surface area contributed by atoms with Crippen LogP contribution in [0, 0.1) is 0 Å². The van der Waals surface area contributed by atoms with Crippen LogP contribution in [0.3, 0.4) is 0 Å². The van der Waals surface area contributed by atoms with Crippen molar-refractivity contribution in [2.75, 3.05) is 14.2 Å². The van der Waals surface area contributed by atoms with Crippen LogP contribution in [0.4, 0.5) is 0 Å². The third-order valence-corrected chi connectivity index (χ3v) is 2.53. The Balaban J connectivity index is 3.19. The van der Waals surface area contributed by atoms with Gasteiger partial charge in [-0.2, -0.15) is 0 Å². The van der Waals surface area contributed by atoms with Gasteiger partial charge in [0.2, 0.25) is 5.91 Å². The first-order valence-corrected chi connectivity index (χ1v) is 5.76. The molecule has 3 N–H and O–H groups in total. The minimum atomic E-state index is -0.602. The van der Waals surface area contributed by atoms with Crippen molar-refractivity contribution in [1.82, 2.24) is 5.32 Å². The summed E-state index contributed by atoms with van der Waals surface area (Å²) in [6, 6.07) is 4.80. The molecule has 1 rings (SSSR count).